The van der Waals surface area contributed by atoms with Crippen molar-refractivity contribution < 1.29 is 14.5 Å². The zero-order valence-corrected chi connectivity index (χ0v) is 18.8. The second-order valence-corrected chi connectivity index (χ2v) is 8.66. The first-order valence-corrected chi connectivity index (χ1v) is 11.0. The molecule has 1 heterocycles. The van der Waals surface area contributed by atoms with Gasteiger partial charge in [0.05, 0.1) is 4.92 Å². The Hall–Kier alpha value is -3.42. The molecule has 1 fully saturated rings. The van der Waals surface area contributed by atoms with Crippen LogP contribution in [0.25, 0.3) is 0 Å². The van der Waals surface area contributed by atoms with Gasteiger partial charge in [-0.25, -0.2) is 0 Å². The van der Waals surface area contributed by atoms with Crippen molar-refractivity contribution in [3.63, 3.8) is 0 Å². The molecule has 2 amide bonds. The van der Waals surface area contributed by atoms with Gasteiger partial charge in [-0.15, -0.1) is 0 Å². The molecule has 0 spiro atoms. The van der Waals surface area contributed by atoms with Crippen LogP contribution in [0.3, 0.4) is 0 Å². The van der Waals surface area contributed by atoms with Crippen molar-refractivity contribution in [2.45, 2.75) is 40.2 Å². The number of hydrogen-bond donors (Lipinski definition) is 2. The van der Waals surface area contributed by atoms with Crippen LogP contribution in [0, 0.1) is 22.0 Å². The van der Waals surface area contributed by atoms with Gasteiger partial charge in [0.25, 0.3) is 11.6 Å². The minimum Gasteiger partial charge on any atom is -0.366 e. The first kappa shape index (κ1) is 23.2. The number of amides is 2. The van der Waals surface area contributed by atoms with Crippen molar-refractivity contribution >= 4 is 28.9 Å². The summed E-state index contributed by atoms with van der Waals surface area (Å²) in [7, 11) is 0. The lowest BCUT2D eigenvalue weighted by atomic mass is 9.98. The van der Waals surface area contributed by atoms with Crippen LogP contribution < -0.4 is 15.5 Å². The summed E-state index contributed by atoms with van der Waals surface area (Å²) in [6.45, 7) is 7.61. The van der Waals surface area contributed by atoms with E-state index in [-0.39, 0.29) is 35.5 Å². The van der Waals surface area contributed by atoms with E-state index in [1.54, 1.807) is 30.3 Å². The monoisotopic (exact) mass is 438 g/mol. The van der Waals surface area contributed by atoms with Crippen LogP contribution in [-0.2, 0) is 11.3 Å². The third-order valence-electron chi connectivity index (χ3n) is 5.73. The number of carbonyl (C=O) groups excluding carboxylic acids is 2. The minimum absolute atomic E-state index is 0.0504. The summed E-state index contributed by atoms with van der Waals surface area (Å²) in [5, 5.41) is 17.3. The summed E-state index contributed by atoms with van der Waals surface area (Å²) in [6.07, 6.45) is 1.99. The minimum atomic E-state index is -0.426. The number of nitro benzene ring substituents is 1. The molecule has 2 aromatic rings. The second kappa shape index (κ2) is 10.3. The van der Waals surface area contributed by atoms with Gasteiger partial charge in [0.2, 0.25) is 5.91 Å². The molecule has 2 aromatic carbocycles. The lowest BCUT2D eigenvalue weighted by Gasteiger charge is -2.31. The van der Waals surface area contributed by atoms with E-state index in [9.17, 15) is 19.7 Å². The molecule has 0 aliphatic carbocycles. The molecule has 0 atom stereocenters. The number of benzene rings is 2. The standard InChI is InChI=1S/C24H30N4O4/c1-16(2)23(29)26-20-6-4-5-18(13-20)15-25-24(30)19-7-8-21(22(14-19)28(31)32)27-11-9-17(3)10-12-27/h4-8,13-14,16-17H,9-12,15H2,1-3H3,(H,25,30)(H,26,29). The summed E-state index contributed by atoms with van der Waals surface area (Å²) >= 11 is 0. The van der Waals surface area contributed by atoms with Crippen LogP contribution in [-0.4, -0.2) is 29.8 Å². The largest absolute Gasteiger partial charge is 0.366 e. The van der Waals surface area contributed by atoms with Crippen molar-refractivity contribution in [1.82, 2.24) is 5.32 Å². The molecule has 0 saturated carbocycles. The number of anilines is 2. The van der Waals surface area contributed by atoms with Gasteiger partial charge in [-0.2, -0.15) is 0 Å². The Kier molecular flexibility index (Phi) is 7.45. The lowest BCUT2D eigenvalue weighted by Crippen LogP contribution is -2.33. The van der Waals surface area contributed by atoms with Crippen LogP contribution in [0.1, 0.15) is 49.5 Å². The highest BCUT2D eigenvalue weighted by atomic mass is 16.6. The van der Waals surface area contributed by atoms with E-state index < -0.39 is 4.92 Å². The number of nitro groups is 1. The number of carbonyl (C=O) groups is 2. The van der Waals surface area contributed by atoms with E-state index in [0.29, 0.717) is 17.3 Å². The normalized spacial score (nSPS) is 14.3. The molecular formula is C24H30N4O4. The molecule has 0 radical (unpaired) electrons. The van der Waals surface area contributed by atoms with Crippen LogP contribution in [0.15, 0.2) is 42.5 Å². The fourth-order valence-electron chi connectivity index (χ4n) is 3.66. The first-order chi connectivity index (χ1) is 15.2. The Morgan fingerprint density at radius 2 is 1.88 bits per heavy atom. The number of piperidine rings is 1. The van der Waals surface area contributed by atoms with E-state index in [1.807, 2.05) is 24.8 Å². The Bertz CT molecular complexity index is 997. The SMILES string of the molecule is CC1CCN(c2ccc(C(=O)NCc3cccc(NC(=O)C(C)C)c3)cc2[N+](=O)[O-])CC1. The highest BCUT2D eigenvalue weighted by Crippen LogP contribution is 2.32. The van der Waals surface area contributed by atoms with Crippen LogP contribution in [0.4, 0.5) is 17.1 Å². The van der Waals surface area contributed by atoms with Gasteiger partial charge >= 0.3 is 0 Å². The highest BCUT2D eigenvalue weighted by Gasteiger charge is 2.24. The van der Waals surface area contributed by atoms with Crippen molar-refractivity contribution in [3.8, 4) is 0 Å². The maximum absolute atomic E-state index is 12.7. The van der Waals surface area contributed by atoms with Gasteiger partial charge in [-0.3, -0.25) is 19.7 Å². The molecule has 0 bridgehead atoms. The maximum atomic E-state index is 12.7. The zero-order valence-electron chi connectivity index (χ0n) is 18.8. The molecule has 2 N–H and O–H groups in total. The maximum Gasteiger partial charge on any atom is 0.293 e. The van der Waals surface area contributed by atoms with Gasteiger partial charge in [0, 0.05) is 42.9 Å². The van der Waals surface area contributed by atoms with Crippen LogP contribution >= 0.6 is 0 Å². The predicted octanol–water partition coefficient (Wildman–Crippen LogP) is 4.36. The summed E-state index contributed by atoms with van der Waals surface area (Å²) in [5.74, 6) is 0.0169. The van der Waals surface area contributed by atoms with E-state index in [2.05, 4.69) is 17.6 Å². The molecule has 1 saturated heterocycles. The molecule has 170 valence electrons. The molecule has 32 heavy (non-hydrogen) atoms. The summed E-state index contributed by atoms with van der Waals surface area (Å²) < 4.78 is 0. The number of nitrogens with zero attached hydrogens (tertiary/aromatic N) is 2. The van der Waals surface area contributed by atoms with E-state index >= 15 is 0 Å². The summed E-state index contributed by atoms with van der Waals surface area (Å²) in [6, 6.07) is 11.9. The number of rotatable bonds is 7. The van der Waals surface area contributed by atoms with E-state index in [1.165, 1.54) is 6.07 Å². The predicted molar refractivity (Wildman–Crippen MR) is 125 cm³/mol. The Morgan fingerprint density at radius 1 is 1.16 bits per heavy atom. The number of nitrogens with one attached hydrogen (secondary N) is 2. The average Bonchev–Trinajstić information content (AvgIpc) is 2.77. The van der Waals surface area contributed by atoms with Crippen molar-refractivity contribution in [3.05, 3.63) is 63.7 Å². The van der Waals surface area contributed by atoms with Crippen LogP contribution in [0.2, 0.25) is 0 Å². The summed E-state index contributed by atoms with van der Waals surface area (Å²) in [5.41, 5.74) is 2.23. The Balaban J connectivity index is 1.68. The van der Waals surface area contributed by atoms with Gasteiger partial charge in [-0.1, -0.05) is 32.9 Å². The third kappa shape index (κ3) is 5.84. The fraction of sp³-hybridized carbons (Fsp3) is 0.417. The van der Waals surface area contributed by atoms with E-state index in [0.717, 1.165) is 31.5 Å². The third-order valence-corrected chi connectivity index (χ3v) is 5.73. The molecular weight excluding hydrogens is 408 g/mol. The van der Waals surface area contributed by atoms with Crippen molar-refractivity contribution in [2.24, 2.45) is 11.8 Å². The Morgan fingerprint density at radius 3 is 2.53 bits per heavy atom. The molecule has 0 aromatic heterocycles. The quantitative estimate of drug-likeness (QED) is 0.494. The first-order valence-electron chi connectivity index (χ1n) is 11.0. The van der Waals surface area contributed by atoms with Crippen molar-refractivity contribution in [2.75, 3.05) is 23.3 Å². The highest BCUT2D eigenvalue weighted by molar-refractivity contribution is 5.96. The molecule has 8 heteroatoms. The zero-order chi connectivity index (χ0) is 23.3. The van der Waals surface area contributed by atoms with Gasteiger partial charge in [0.1, 0.15) is 5.69 Å². The average molecular weight is 439 g/mol. The van der Waals surface area contributed by atoms with Crippen LogP contribution in [0.5, 0.6) is 0 Å². The van der Waals surface area contributed by atoms with Gasteiger partial charge < -0.3 is 15.5 Å². The smallest absolute Gasteiger partial charge is 0.293 e. The van der Waals surface area contributed by atoms with Crippen molar-refractivity contribution in [1.29, 1.82) is 0 Å². The molecule has 1 aliphatic heterocycles. The van der Waals surface area contributed by atoms with Gasteiger partial charge in [0.15, 0.2) is 0 Å². The van der Waals surface area contributed by atoms with E-state index in [4.69, 9.17) is 0 Å². The molecule has 1 aliphatic rings. The summed E-state index contributed by atoms with van der Waals surface area (Å²) in [4.78, 5) is 37.8. The topological polar surface area (TPSA) is 105 Å². The lowest BCUT2D eigenvalue weighted by molar-refractivity contribution is -0.384. The second-order valence-electron chi connectivity index (χ2n) is 8.66. The Labute approximate surface area is 188 Å². The molecule has 0 unspecified atom stereocenters. The number of hydrogen-bond acceptors (Lipinski definition) is 5. The fourth-order valence-corrected chi connectivity index (χ4v) is 3.66. The van der Waals surface area contributed by atoms with Gasteiger partial charge in [-0.05, 0) is 48.6 Å². The molecule has 3 rings (SSSR count). The molecule has 8 nitrogen and oxygen atoms in total.